The molecule has 0 bridgehead atoms. The van der Waals surface area contributed by atoms with Crippen LogP contribution in [0.3, 0.4) is 0 Å². The third kappa shape index (κ3) is 3.68. The highest BCUT2D eigenvalue weighted by atomic mass is 16.5. The number of carbonyl (C=O) groups excluding carboxylic acids is 1. The van der Waals surface area contributed by atoms with Crippen LogP contribution >= 0.6 is 0 Å². The molecule has 1 amide bonds. The Morgan fingerprint density at radius 2 is 2.08 bits per heavy atom. The summed E-state index contributed by atoms with van der Waals surface area (Å²) in [6, 6.07) is 7.66. The number of ether oxygens (including phenoxy) is 2. The molecule has 1 heterocycles. The van der Waals surface area contributed by atoms with Crippen molar-refractivity contribution in [1.82, 2.24) is 9.97 Å². The van der Waals surface area contributed by atoms with Crippen LogP contribution in [0.1, 0.15) is 28.9 Å². The number of hydrogen-bond donors (Lipinski definition) is 2. The van der Waals surface area contributed by atoms with Gasteiger partial charge >= 0.3 is 0 Å². The summed E-state index contributed by atoms with van der Waals surface area (Å²) in [6.45, 7) is 0. The molecule has 1 fully saturated rings. The molecule has 1 aliphatic carbocycles. The Morgan fingerprint density at radius 1 is 1.28 bits per heavy atom. The zero-order valence-electron chi connectivity index (χ0n) is 14.0. The van der Waals surface area contributed by atoms with Gasteiger partial charge in [-0.2, -0.15) is 0 Å². The fraction of sp³-hybridized carbons (Fsp3) is 0.294. The smallest absolute Gasteiger partial charge is 0.282 e. The van der Waals surface area contributed by atoms with Crippen molar-refractivity contribution < 1.29 is 14.3 Å². The molecule has 1 aromatic heterocycles. The number of nitrogens with one attached hydrogen (secondary N) is 1. The Balaban J connectivity index is 1.77. The van der Waals surface area contributed by atoms with Crippen molar-refractivity contribution in [2.75, 3.05) is 19.5 Å². The molecule has 0 atom stereocenters. The first-order valence-corrected chi connectivity index (χ1v) is 7.73. The molecule has 0 spiro atoms. The number of hydrogen-bond acceptors (Lipinski definition) is 6. The van der Waals surface area contributed by atoms with E-state index < -0.39 is 0 Å². The van der Waals surface area contributed by atoms with Crippen molar-refractivity contribution in [1.29, 1.82) is 0 Å². The monoisotopic (exact) mass is 341 g/mol. The Hall–Kier alpha value is -3.16. The van der Waals surface area contributed by atoms with Crippen LogP contribution in [0, 0.1) is 0 Å². The maximum absolute atomic E-state index is 12.3. The van der Waals surface area contributed by atoms with E-state index in [1.807, 2.05) is 18.2 Å². The van der Waals surface area contributed by atoms with Gasteiger partial charge < -0.3 is 20.5 Å². The third-order valence-corrected chi connectivity index (χ3v) is 3.98. The van der Waals surface area contributed by atoms with E-state index in [1.54, 1.807) is 6.07 Å². The van der Waals surface area contributed by atoms with Gasteiger partial charge in [-0.15, -0.1) is 0 Å². The third-order valence-electron chi connectivity index (χ3n) is 3.98. The lowest BCUT2D eigenvalue weighted by Crippen LogP contribution is -2.18. The van der Waals surface area contributed by atoms with E-state index in [0.717, 1.165) is 18.4 Å². The summed E-state index contributed by atoms with van der Waals surface area (Å²) in [5, 5.41) is 2.81. The molecule has 25 heavy (non-hydrogen) atoms. The van der Waals surface area contributed by atoms with Crippen LogP contribution in [0.15, 0.2) is 41.7 Å². The van der Waals surface area contributed by atoms with Crippen LogP contribution in [0.5, 0.6) is 5.88 Å². The molecule has 0 aliphatic heterocycles. The highest BCUT2D eigenvalue weighted by Crippen LogP contribution is 2.50. The lowest BCUT2D eigenvalue weighted by Gasteiger charge is -2.13. The number of rotatable bonds is 5. The molecule has 3 rings (SSSR count). The number of carbonyl (C=O) groups is 1. The zero-order chi connectivity index (χ0) is 17.9. The summed E-state index contributed by atoms with van der Waals surface area (Å²) in [5.41, 5.74) is 7.16. The summed E-state index contributed by atoms with van der Waals surface area (Å²) in [7, 11) is 2.98. The molecule has 1 saturated carbocycles. The largest absolute Gasteiger partial charge is 0.480 e. The van der Waals surface area contributed by atoms with E-state index in [9.17, 15) is 4.79 Å². The molecule has 3 N–H and O–H groups in total. The van der Waals surface area contributed by atoms with Crippen molar-refractivity contribution >= 4 is 17.6 Å². The first-order valence-electron chi connectivity index (χ1n) is 7.73. The molecule has 0 saturated heterocycles. The molecule has 130 valence electrons. The van der Waals surface area contributed by atoms with Gasteiger partial charge in [0.2, 0.25) is 5.88 Å². The van der Waals surface area contributed by atoms with E-state index in [1.165, 1.54) is 26.6 Å². The van der Waals surface area contributed by atoms with E-state index >= 15 is 0 Å². The number of amidine groups is 1. The number of anilines is 1. The average molecular weight is 341 g/mol. The van der Waals surface area contributed by atoms with Gasteiger partial charge in [0.15, 0.2) is 0 Å². The molecular weight excluding hydrogens is 322 g/mol. The van der Waals surface area contributed by atoms with Crippen LogP contribution < -0.4 is 15.8 Å². The predicted octanol–water partition coefficient (Wildman–Crippen LogP) is 1.69. The van der Waals surface area contributed by atoms with Crippen LogP contribution in [0.2, 0.25) is 0 Å². The van der Waals surface area contributed by atoms with Gasteiger partial charge in [0.1, 0.15) is 5.69 Å². The molecule has 1 aromatic carbocycles. The standard InChI is InChI=1S/C17H19N5O3/c1-24-14-10-19-13(9-20-14)15(23)21-12-5-3-4-11(8-12)17(6-7-17)22-16(18)25-2/h3-5,8-10H,6-7H2,1-2H3,(H2,18,22)(H,21,23). The normalized spacial score (nSPS) is 15.4. The molecule has 0 unspecified atom stereocenters. The van der Waals surface area contributed by atoms with Crippen LogP contribution in [0.4, 0.5) is 5.69 Å². The van der Waals surface area contributed by atoms with Crippen LogP contribution in [0.25, 0.3) is 0 Å². The first kappa shape index (κ1) is 16.7. The number of nitrogens with two attached hydrogens (primary N) is 1. The van der Waals surface area contributed by atoms with Crippen LogP contribution in [-0.2, 0) is 10.3 Å². The van der Waals surface area contributed by atoms with Crippen molar-refractivity contribution in [3.05, 3.63) is 47.9 Å². The number of amides is 1. The molecular formula is C17H19N5O3. The minimum Gasteiger partial charge on any atom is -0.480 e. The van der Waals surface area contributed by atoms with Gasteiger partial charge in [-0.05, 0) is 30.5 Å². The predicted molar refractivity (Wildman–Crippen MR) is 92.5 cm³/mol. The SMILES string of the molecule is CO/C(N)=N\C1(c2cccc(NC(=O)c3cnc(OC)cn3)c2)CC1. The highest BCUT2D eigenvalue weighted by molar-refractivity contribution is 6.02. The fourth-order valence-electron chi connectivity index (χ4n) is 2.46. The number of benzene rings is 1. The maximum Gasteiger partial charge on any atom is 0.282 e. The van der Waals surface area contributed by atoms with Gasteiger partial charge in [-0.25, -0.2) is 15.0 Å². The van der Waals surface area contributed by atoms with Gasteiger partial charge in [-0.1, -0.05) is 12.1 Å². The van der Waals surface area contributed by atoms with E-state index in [2.05, 4.69) is 20.3 Å². The minimum atomic E-state index is -0.360. The molecule has 8 nitrogen and oxygen atoms in total. The van der Waals surface area contributed by atoms with Crippen molar-refractivity contribution in [3.8, 4) is 5.88 Å². The molecule has 2 aromatic rings. The molecule has 0 radical (unpaired) electrons. The summed E-state index contributed by atoms with van der Waals surface area (Å²) in [4.78, 5) is 24.7. The van der Waals surface area contributed by atoms with Crippen molar-refractivity contribution in [2.45, 2.75) is 18.4 Å². The Labute approximate surface area is 145 Å². The van der Waals surface area contributed by atoms with E-state index in [-0.39, 0.29) is 23.2 Å². The number of aliphatic imine (C=N–C) groups is 1. The number of nitrogens with zero attached hydrogens (tertiary/aromatic N) is 3. The summed E-state index contributed by atoms with van der Waals surface area (Å²) in [6.07, 6.45) is 4.54. The molecule has 8 heteroatoms. The quantitative estimate of drug-likeness (QED) is 0.632. The van der Waals surface area contributed by atoms with Gasteiger partial charge in [-0.3, -0.25) is 4.79 Å². The van der Waals surface area contributed by atoms with E-state index in [0.29, 0.717) is 11.6 Å². The average Bonchev–Trinajstić information content (AvgIpc) is 3.42. The zero-order valence-corrected chi connectivity index (χ0v) is 14.0. The molecule has 1 aliphatic rings. The van der Waals surface area contributed by atoms with Crippen molar-refractivity contribution in [2.24, 2.45) is 10.7 Å². The Bertz CT molecular complexity index is 800. The fourth-order valence-corrected chi connectivity index (χ4v) is 2.46. The Kier molecular flexibility index (Phi) is 4.51. The maximum atomic E-state index is 12.3. The number of methoxy groups -OCH3 is 2. The lowest BCUT2D eigenvalue weighted by atomic mass is 10.0. The summed E-state index contributed by atoms with van der Waals surface area (Å²) >= 11 is 0. The highest BCUT2D eigenvalue weighted by Gasteiger charge is 2.45. The van der Waals surface area contributed by atoms with Gasteiger partial charge in [0.05, 0.1) is 32.2 Å². The minimum absolute atomic E-state index is 0.153. The van der Waals surface area contributed by atoms with Crippen molar-refractivity contribution in [3.63, 3.8) is 0 Å². The lowest BCUT2D eigenvalue weighted by molar-refractivity contribution is 0.102. The topological polar surface area (TPSA) is 112 Å². The van der Waals surface area contributed by atoms with Gasteiger partial charge in [0.25, 0.3) is 11.9 Å². The second-order valence-corrected chi connectivity index (χ2v) is 5.66. The summed E-state index contributed by atoms with van der Waals surface area (Å²) in [5.74, 6) is -0.000118. The Morgan fingerprint density at radius 3 is 2.68 bits per heavy atom. The van der Waals surface area contributed by atoms with Crippen LogP contribution in [-0.4, -0.2) is 36.1 Å². The summed E-state index contributed by atoms with van der Waals surface area (Å²) < 4.78 is 9.88. The second kappa shape index (κ2) is 6.76. The van der Waals surface area contributed by atoms with E-state index in [4.69, 9.17) is 15.2 Å². The van der Waals surface area contributed by atoms with Gasteiger partial charge in [0, 0.05) is 5.69 Å². The number of aromatic nitrogens is 2. The first-order chi connectivity index (χ1) is 12.1. The second-order valence-electron chi connectivity index (χ2n) is 5.66.